The monoisotopic (exact) mass is 257 g/mol. The Morgan fingerprint density at radius 1 is 1.06 bits per heavy atom. The van der Waals surface area contributed by atoms with Gasteiger partial charge in [0.15, 0.2) is 0 Å². The minimum absolute atomic E-state index is 0.171. The smallest absolute Gasteiger partial charge is 0.149 e. The highest BCUT2D eigenvalue weighted by molar-refractivity contribution is 5.63. The third kappa shape index (κ3) is 4.84. The first kappa shape index (κ1) is 14.7. The van der Waals surface area contributed by atoms with Gasteiger partial charge >= 0.3 is 0 Å². The first-order valence-corrected chi connectivity index (χ1v) is 5.68. The third-order valence-electron chi connectivity index (χ3n) is 2.26. The lowest BCUT2D eigenvalue weighted by Gasteiger charge is -2.15. The van der Waals surface area contributed by atoms with Crippen LogP contribution in [0.1, 0.15) is 0 Å². The van der Waals surface area contributed by atoms with Crippen LogP contribution in [0, 0.1) is 0 Å². The van der Waals surface area contributed by atoms with Gasteiger partial charge in [-0.2, -0.15) is 0 Å². The number of nitrogens with one attached hydrogen (secondary N) is 2. The number of aromatic nitrogens is 1. The second-order valence-electron chi connectivity index (χ2n) is 3.83. The zero-order chi connectivity index (χ0) is 13.4. The maximum atomic E-state index is 9.24. The highest BCUT2D eigenvalue weighted by Crippen LogP contribution is 2.17. The van der Waals surface area contributed by atoms with E-state index in [2.05, 4.69) is 15.6 Å². The molecule has 0 aromatic carbocycles. The van der Waals surface area contributed by atoms with E-state index in [1.165, 1.54) is 0 Å². The Hall–Kier alpha value is -1.41. The van der Waals surface area contributed by atoms with Crippen LogP contribution in [0.4, 0.5) is 11.5 Å². The zero-order valence-electron chi connectivity index (χ0n) is 9.95. The van der Waals surface area contributed by atoms with Crippen molar-refractivity contribution in [3.8, 4) is 0 Å². The Morgan fingerprint density at radius 2 is 1.67 bits per heavy atom. The second-order valence-corrected chi connectivity index (χ2v) is 3.83. The Labute approximate surface area is 105 Å². The molecule has 0 amide bonds. The van der Waals surface area contributed by atoms with Crippen molar-refractivity contribution >= 4 is 11.5 Å². The summed E-state index contributed by atoms with van der Waals surface area (Å²) in [6.45, 7) is -0.282. The van der Waals surface area contributed by atoms with Gasteiger partial charge in [0.2, 0.25) is 0 Å². The average molecular weight is 257 g/mol. The van der Waals surface area contributed by atoms with Crippen LogP contribution in [-0.4, -0.2) is 63.9 Å². The summed E-state index contributed by atoms with van der Waals surface area (Å²) in [5.41, 5.74) is 0.648. The fourth-order valence-corrected chi connectivity index (χ4v) is 1.26. The molecule has 1 aromatic heterocycles. The first-order valence-electron chi connectivity index (χ1n) is 5.68. The van der Waals surface area contributed by atoms with E-state index in [1.807, 2.05) is 0 Å². The van der Waals surface area contributed by atoms with E-state index in [9.17, 15) is 10.2 Å². The maximum absolute atomic E-state index is 9.24. The molecule has 7 nitrogen and oxygen atoms in total. The zero-order valence-corrected chi connectivity index (χ0v) is 9.95. The van der Waals surface area contributed by atoms with Gasteiger partial charge in [0.05, 0.1) is 31.1 Å². The van der Waals surface area contributed by atoms with Crippen molar-refractivity contribution in [2.24, 2.45) is 0 Å². The summed E-state index contributed by atoms with van der Waals surface area (Å²) < 4.78 is 0. The van der Waals surface area contributed by atoms with Crippen LogP contribution < -0.4 is 10.6 Å². The van der Waals surface area contributed by atoms with E-state index < -0.39 is 12.2 Å². The number of pyridine rings is 1. The molecule has 1 rings (SSSR count). The van der Waals surface area contributed by atoms with Gasteiger partial charge in [0.25, 0.3) is 0 Å². The van der Waals surface area contributed by atoms with Gasteiger partial charge in [0.1, 0.15) is 5.82 Å². The SMILES string of the molecule is OCC(O)CNc1cccnc1NCC(O)CO. The van der Waals surface area contributed by atoms with E-state index in [0.29, 0.717) is 11.5 Å². The number of aliphatic hydroxyl groups is 4. The van der Waals surface area contributed by atoms with Crippen molar-refractivity contribution in [1.82, 2.24) is 4.98 Å². The van der Waals surface area contributed by atoms with Crippen LogP contribution >= 0.6 is 0 Å². The molecule has 2 unspecified atom stereocenters. The molecule has 0 aliphatic heterocycles. The normalized spacial score (nSPS) is 14.0. The Bertz CT molecular complexity index is 318. The number of hydrogen-bond donors (Lipinski definition) is 6. The van der Waals surface area contributed by atoms with Gasteiger partial charge in [-0.15, -0.1) is 0 Å². The Kier molecular flexibility index (Phi) is 6.37. The molecule has 102 valence electrons. The maximum Gasteiger partial charge on any atom is 0.149 e. The van der Waals surface area contributed by atoms with Gasteiger partial charge in [-0.3, -0.25) is 0 Å². The average Bonchev–Trinajstić information content (AvgIpc) is 2.42. The van der Waals surface area contributed by atoms with Crippen LogP contribution in [0.2, 0.25) is 0 Å². The van der Waals surface area contributed by atoms with Gasteiger partial charge in [0, 0.05) is 19.3 Å². The van der Waals surface area contributed by atoms with E-state index in [4.69, 9.17) is 10.2 Å². The lowest BCUT2D eigenvalue weighted by Crippen LogP contribution is -2.25. The highest BCUT2D eigenvalue weighted by Gasteiger charge is 2.07. The summed E-state index contributed by atoms with van der Waals surface area (Å²) in [5.74, 6) is 0.509. The summed E-state index contributed by atoms with van der Waals surface area (Å²) in [5, 5.41) is 41.7. The fourth-order valence-electron chi connectivity index (χ4n) is 1.26. The predicted octanol–water partition coefficient (Wildman–Crippen LogP) is -1.39. The summed E-state index contributed by atoms with van der Waals surface area (Å²) in [6.07, 6.45) is -0.120. The lowest BCUT2D eigenvalue weighted by atomic mass is 10.3. The lowest BCUT2D eigenvalue weighted by molar-refractivity contribution is 0.105. The molecular formula is C11H19N3O4. The van der Waals surface area contributed by atoms with Crippen molar-refractivity contribution in [3.63, 3.8) is 0 Å². The second kappa shape index (κ2) is 7.83. The third-order valence-corrected chi connectivity index (χ3v) is 2.26. The summed E-state index contributed by atoms with van der Waals surface area (Å²) in [4.78, 5) is 4.08. The standard InChI is InChI=1S/C11H19N3O4/c15-6-8(17)4-13-10-2-1-3-12-11(10)14-5-9(18)7-16/h1-3,8-9,13,15-18H,4-7H2,(H,12,14). The van der Waals surface area contributed by atoms with Crippen LogP contribution in [0.5, 0.6) is 0 Å². The number of nitrogens with zero attached hydrogens (tertiary/aromatic N) is 1. The molecule has 0 fully saturated rings. The summed E-state index contributed by atoms with van der Waals surface area (Å²) >= 11 is 0. The molecule has 6 N–H and O–H groups in total. The van der Waals surface area contributed by atoms with Gasteiger partial charge in [-0.25, -0.2) is 4.98 Å². The van der Waals surface area contributed by atoms with Crippen molar-refractivity contribution in [2.75, 3.05) is 36.9 Å². The van der Waals surface area contributed by atoms with E-state index in [0.717, 1.165) is 0 Å². The molecule has 7 heteroatoms. The molecule has 18 heavy (non-hydrogen) atoms. The van der Waals surface area contributed by atoms with Crippen molar-refractivity contribution < 1.29 is 20.4 Å². The predicted molar refractivity (Wildman–Crippen MR) is 67.4 cm³/mol. The van der Waals surface area contributed by atoms with Gasteiger partial charge in [-0.05, 0) is 12.1 Å². The molecule has 0 saturated heterocycles. The molecule has 0 bridgehead atoms. The van der Waals surface area contributed by atoms with E-state index in [1.54, 1.807) is 18.3 Å². The number of rotatable bonds is 8. The van der Waals surface area contributed by atoms with E-state index >= 15 is 0 Å². The molecule has 0 aliphatic rings. The van der Waals surface area contributed by atoms with Crippen LogP contribution in [0.25, 0.3) is 0 Å². The van der Waals surface area contributed by atoms with E-state index in [-0.39, 0.29) is 26.3 Å². The highest BCUT2D eigenvalue weighted by atomic mass is 16.3. The van der Waals surface area contributed by atoms with Gasteiger partial charge < -0.3 is 31.1 Å². The van der Waals surface area contributed by atoms with Crippen LogP contribution in [0.3, 0.4) is 0 Å². The molecule has 0 saturated carbocycles. The fraction of sp³-hybridized carbons (Fsp3) is 0.545. The minimum atomic E-state index is -0.858. The largest absolute Gasteiger partial charge is 0.394 e. The molecule has 0 aliphatic carbocycles. The minimum Gasteiger partial charge on any atom is -0.394 e. The van der Waals surface area contributed by atoms with Crippen LogP contribution in [0.15, 0.2) is 18.3 Å². The summed E-state index contributed by atoms with van der Waals surface area (Å²) in [7, 11) is 0. The Balaban J connectivity index is 2.56. The number of aliphatic hydroxyl groups excluding tert-OH is 4. The number of hydrogen-bond acceptors (Lipinski definition) is 7. The molecule has 0 radical (unpaired) electrons. The van der Waals surface area contributed by atoms with Gasteiger partial charge in [-0.1, -0.05) is 0 Å². The molecule has 1 aromatic rings. The first-order chi connectivity index (χ1) is 8.67. The van der Waals surface area contributed by atoms with Crippen LogP contribution in [-0.2, 0) is 0 Å². The van der Waals surface area contributed by atoms with Crippen molar-refractivity contribution in [3.05, 3.63) is 18.3 Å². The Morgan fingerprint density at radius 3 is 2.28 bits per heavy atom. The molecule has 2 atom stereocenters. The summed E-state index contributed by atoms with van der Waals surface area (Å²) in [6, 6.07) is 3.48. The van der Waals surface area contributed by atoms with Crippen molar-refractivity contribution in [2.45, 2.75) is 12.2 Å². The molecular weight excluding hydrogens is 238 g/mol. The topological polar surface area (TPSA) is 118 Å². The quantitative estimate of drug-likeness (QED) is 0.339. The molecule has 0 spiro atoms. The molecule has 1 heterocycles. The van der Waals surface area contributed by atoms with Crippen molar-refractivity contribution in [1.29, 1.82) is 0 Å². The number of anilines is 2.